The van der Waals surface area contributed by atoms with Crippen LogP contribution in [0, 0.1) is 13.8 Å². The van der Waals surface area contributed by atoms with Crippen LogP contribution in [0.2, 0.25) is 5.02 Å². The lowest BCUT2D eigenvalue weighted by molar-refractivity contribution is -0.115. The lowest BCUT2D eigenvalue weighted by Crippen LogP contribution is -2.28. The highest BCUT2D eigenvalue weighted by atomic mass is 35.5. The van der Waals surface area contributed by atoms with Crippen LogP contribution in [0.25, 0.3) is 0 Å². The fraction of sp³-hybridized carbons (Fsp3) is 0.235. The van der Waals surface area contributed by atoms with Gasteiger partial charge in [0.2, 0.25) is 5.91 Å². The van der Waals surface area contributed by atoms with E-state index in [0.717, 1.165) is 16.8 Å². The summed E-state index contributed by atoms with van der Waals surface area (Å²) >= 11 is 5.83. The number of carbonyl (C=O) groups is 1. The Balaban J connectivity index is 1.82. The van der Waals surface area contributed by atoms with Crippen LogP contribution in [0.5, 0.6) is 0 Å². The number of hydrogen-bond donors (Lipinski definition) is 2. The third-order valence-corrected chi connectivity index (χ3v) is 3.66. The van der Waals surface area contributed by atoms with Gasteiger partial charge in [-0.15, -0.1) is 0 Å². The zero-order valence-electron chi connectivity index (χ0n) is 12.2. The molecule has 2 rings (SSSR count). The maximum absolute atomic E-state index is 11.9. The molecule has 0 heterocycles. The molecule has 0 bridgehead atoms. The van der Waals surface area contributed by atoms with Gasteiger partial charge in [-0.25, -0.2) is 0 Å². The molecule has 21 heavy (non-hydrogen) atoms. The van der Waals surface area contributed by atoms with Crippen LogP contribution >= 0.6 is 11.6 Å². The first-order chi connectivity index (χ1) is 10.1. The van der Waals surface area contributed by atoms with E-state index < -0.39 is 0 Å². The van der Waals surface area contributed by atoms with Crippen molar-refractivity contribution in [3.63, 3.8) is 0 Å². The second-order valence-electron chi connectivity index (χ2n) is 5.03. The van der Waals surface area contributed by atoms with Crippen LogP contribution in [0.1, 0.15) is 16.7 Å². The molecule has 2 N–H and O–H groups in total. The molecule has 0 unspecified atom stereocenters. The molecule has 0 aliphatic carbocycles. The zero-order chi connectivity index (χ0) is 15.2. The lowest BCUT2D eigenvalue weighted by atomic mass is 10.1. The highest BCUT2D eigenvalue weighted by molar-refractivity contribution is 6.30. The van der Waals surface area contributed by atoms with Gasteiger partial charge >= 0.3 is 0 Å². The third-order valence-electron chi connectivity index (χ3n) is 3.41. The molecule has 0 aromatic heterocycles. The Hall–Kier alpha value is -1.84. The van der Waals surface area contributed by atoms with E-state index in [2.05, 4.69) is 10.6 Å². The van der Waals surface area contributed by atoms with Crippen LogP contribution in [0.15, 0.2) is 42.5 Å². The number of carbonyl (C=O) groups excluding carboxylic acids is 1. The number of anilines is 1. The number of aryl methyl sites for hydroxylation is 1. The monoisotopic (exact) mass is 302 g/mol. The van der Waals surface area contributed by atoms with Crippen molar-refractivity contribution in [3.8, 4) is 0 Å². The molecule has 2 aromatic carbocycles. The minimum Gasteiger partial charge on any atom is -0.325 e. The Labute approximate surface area is 130 Å². The van der Waals surface area contributed by atoms with Crippen LogP contribution in [-0.4, -0.2) is 12.5 Å². The first-order valence-corrected chi connectivity index (χ1v) is 7.25. The second kappa shape index (κ2) is 7.25. The van der Waals surface area contributed by atoms with Crippen LogP contribution in [-0.2, 0) is 11.3 Å². The fourth-order valence-corrected chi connectivity index (χ4v) is 2.13. The molecule has 0 spiro atoms. The van der Waals surface area contributed by atoms with Gasteiger partial charge in [-0.05, 0) is 48.7 Å². The number of nitrogens with one attached hydrogen (secondary N) is 2. The molecule has 0 saturated carbocycles. The number of benzene rings is 2. The Morgan fingerprint density at radius 1 is 1.10 bits per heavy atom. The molecule has 0 saturated heterocycles. The first kappa shape index (κ1) is 15.5. The summed E-state index contributed by atoms with van der Waals surface area (Å²) in [4.78, 5) is 11.9. The highest BCUT2D eigenvalue weighted by Crippen LogP contribution is 2.17. The average molecular weight is 303 g/mol. The van der Waals surface area contributed by atoms with Gasteiger partial charge in [0.05, 0.1) is 6.54 Å². The van der Waals surface area contributed by atoms with Crippen LogP contribution in [0.4, 0.5) is 5.69 Å². The maximum Gasteiger partial charge on any atom is 0.238 e. The summed E-state index contributed by atoms with van der Waals surface area (Å²) in [5, 5.41) is 6.76. The minimum absolute atomic E-state index is 0.0438. The van der Waals surface area contributed by atoms with E-state index in [1.165, 1.54) is 5.56 Å². The summed E-state index contributed by atoms with van der Waals surface area (Å²) in [5.74, 6) is -0.0438. The fourth-order valence-electron chi connectivity index (χ4n) is 2.00. The molecule has 0 aliphatic rings. The van der Waals surface area contributed by atoms with Gasteiger partial charge in [0.15, 0.2) is 0 Å². The van der Waals surface area contributed by atoms with Crippen molar-refractivity contribution < 1.29 is 4.79 Å². The molecule has 4 heteroatoms. The Kier molecular flexibility index (Phi) is 5.37. The van der Waals surface area contributed by atoms with Gasteiger partial charge in [-0.3, -0.25) is 4.79 Å². The van der Waals surface area contributed by atoms with Crippen molar-refractivity contribution in [2.75, 3.05) is 11.9 Å². The van der Waals surface area contributed by atoms with Gasteiger partial charge < -0.3 is 10.6 Å². The van der Waals surface area contributed by atoms with Crippen molar-refractivity contribution in [2.24, 2.45) is 0 Å². The molecule has 3 nitrogen and oxygen atoms in total. The van der Waals surface area contributed by atoms with E-state index in [-0.39, 0.29) is 12.5 Å². The smallest absolute Gasteiger partial charge is 0.238 e. The van der Waals surface area contributed by atoms with Crippen molar-refractivity contribution in [1.82, 2.24) is 5.32 Å². The lowest BCUT2D eigenvalue weighted by Gasteiger charge is -2.11. The molecule has 0 aliphatic heterocycles. The normalized spacial score (nSPS) is 10.4. The standard InChI is InChI=1S/C17H19ClN2O/c1-12-4-3-5-16(13(12)2)20-17(21)11-19-10-14-6-8-15(18)9-7-14/h3-9,19H,10-11H2,1-2H3,(H,20,21). The van der Waals surface area contributed by atoms with Gasteiger partial charge in [0, 0.05) is 17.3 Å². The number of rotatable bonds is 5. The quantitative estimate of drug-likeness (QED) is 0.884. The molecule has 1 amide bonds. The van der Waals surface area contributed by atoms with E-state index in [9.17, 15) is 4.79 Å². The summed E-state index contributed by atoms with van der Waals surface area (Å²) in [7, 11) is 0. The van der Waals surface area contributed by atoms with Crippen LogP contribution in [0.3, 0.4) is 0 Å². The molecule has 0 atom stereocenters. The predicted octanol–water partition coefficient (Wildman–Crippen LogP) is 3.69. The minimum atomic E-state index is -0.0438. The molecule has 0 radical (unpaired) electrons. The summed E-state index contributed by atoms with van der Waals surface area (Å²) in [6.07, 6.45) is 0. The van der Waals surface area contributed by atoms with E-state index in [1.807, 2.05) is 56.3 Å². The number of hydrogen-bond acceptors (Lipinski definition) is 2. The first-order valence-electron chi connectivity index (χ1n) is 6.87. The zero-order valence-corrected chi connectivity index (χ0v) is 13.0. The molecule has 2 aromatic rings. The molecule has 0 fully saturated rings. The molecular weight excluding hydrogens is 284 g/mol. The SMILES string of the molecule is Cc1cccc(NC(=O)CNCc2ccc(Cl)cc2)c1C. The molecule has 110 valence electrons. The Morgan fingerprint density at radius 3 is 2.52 bits per heavy atom. The van der Waals surface area contributed by atoms with Gasteiger partial charge in [-0.2, -0.15) is 0 Å². The topological polar surface area (TPSA) is 41.1 Å². The molecular formula is C17H19ClN2O. The highest BCUT2D eigenvalue weighted by Gasteiger charge is 2.05. The third kappa shape index (κ3) is 4.59. The summed E-state index contributed by atoms with van der Waals surface area (Å²) in [6, 6.07) is 13.5. The second-order valence-corrected chi connectivity index (χ2v) is 5.46. The van der Waals surface area contributed by atoms with Crippen molar-refractivity contribution in [3.05, 3.63) is 64.2 Å². The number of halogens is 1. The summed E-state index contributed by atoms with van der Waals surface area (Å²) < 4.78 is 0. The van der Waals surface area contributed by atoms with Crippen LogP contribution < -0.4 is 10.6 Å². The average Bonchev–Trinajstić information content (AvgIpc) is 2.46. The Morgan fingerprint density at radius 2 is 1.81 bits per heavy atom. The number of amides is 1. The summed E-state index contributed by atoms with van der Waals surface area (Å²) in [6.45, 7) is 4.95. The van der Waals surface area contributed by atoms with Crippen molar-refractivity contribution in [1.29, 1.82) is 0 Å². The van der Waals surface area contributed by atoms with E-state index in [0.29, 0.717) is 11.6 Å². The summed E-state index contributed by atoms with van der Waals surface area (Å²) in [5.41, 5.74) is 4.23. The van der Waals surface area contributed by atoms with E-state index in [4.69, 9.17) is 11.6 Å². The van der Waals surface area contributed by atoms with Gasteiger partial charge in [0.1, 0.15) is 0 Å². The maximum atomic E-state index is 11.9. The van der Waals surface area contributed by atoms with Gasteiger partial charge in [-0.1, -0.05) is 35.9 Å². The van der Waals surface area contributed by atoms with Crippen molar-refractivity contribution in [2.45, 2.75) is 20.4 Å². The Bertz CT molecular complexity index is 623. The van der Waals surface area contributed by atoms with Gasteiger partial charge in [0.25, 0.3) is 0 Å². The largest absolute Gasteiger partial charge is 0.325 e. The van der Waals surface area contributed by atoms with E-state index in [1.54, 1.807) is 0 Å². The van der Waals surface area contributed by atoms with E-state index >= 15 is 0 Å². The van der Waals surface area contributed by atoms with Crippen molar-refractivity contribution >= 4 is 23.2 Å². The predicted molar refractivity (Wildman–Crippen MR) is 87.7 cm³/mol.